The maximum atomic E-state index is 11.4. The van der Waals surface area contributed by atoms with Crippen LogP contribution in [-0.2, 0) is 20.7 Å². The second-order valence-electron chi connectivity index (χ2n) is 4.12. The standard InChI is InChI=1S/C14H19NO3/c1-3-18-14(17)13(16)10-15-11(2)9-12-7-5-4-6-8-12/h4-8,11,15H,3,9-10H2,1-2H3. The first-order chi connectivity index (χ1) is 8.63. The molecule has 1 atom stereocenters. The van der Waals surface area contributed by atoms with E-state index in [9.17, 15) is 9.59 Å². The molecule has 4 nitrogen and oxygen atoms in total. The van der Waals surface area contributed by atoms with E-state index in [-0.39, 0.29) is 19.2 Å². The molecule has 0 aliphatic rings. The SMILES string of the molecule is CCOC(=O)C(=O)CNC(C)Cc1ccccc1. The van der Waals surface area contributed by atoms with Gasteiger partial charge in [0, 0.05) is 6.04 Å². The summed E-state index contributed by atoms with van der Waals surface area (Å²) < 4.78 is 4.63. The van der Waals surface area contributed by atoms with Gasteiger partial charge >= 0.3 is 5.97 Å². The number of hydrogen-bond donors (Lipinski definition) is 1. The Bertz CT molecular complexity index is 389. The Hall–Kier alpha value is -1.68. The van der Waals surface area contributed by atoms with E-state index in [0.717, 1.165) is 6.42 Å². The molecular weight excluding hydrogens is 230 g/mol. The highest BCUT2D eigenvalue weighted by atomic mass is 16.5. The molecule has 1 aromatic rings. The van der Waals surface area contributed by atoms with Gasteiger partial charge in [0.2, 0.25) is 0 Å². The zero-order valence-corrected chi connectivity index (χ0v) is 10.8. The predicted molar refractivity (Wildman–Crippen MR) is 69.3 cm³/mol. The van der Waals surface area contributed by atoms with Crippen molar-refractivity contribution >= 4 is 11.8 Å². The summed E-state index contributed by atoms with van der Waals surface area (Å²) in [6, 6.07) is 10.1. The fraction of sp³-hybridized carbons (Fsp3) is 0.429. The Morgan fingerprint density at radius 2 is 1.94 bits per heavy atom. The maximum absolute atomic E-state index is 11.4. The summed E-state index contributed by atoms with van der Waals surface area (Å²) in [4.78, 5) is 22.5. The number of nitrogens with one attached hydrogen (secondary N) is 1. The van der Waals surface area contributed by atoms with Gasteiger partial charge in [-0.25, -0.2) is 4.79 Å². The third-order valence-corrected chi connectivity index (χ3v) is 2.50. The number of ketones is 1. The van der Waals surface area contributed by atoms with Crippen LogP contribution in [0.1, 0.15) is 19.4 Å². The van der Waals surface area contributed by atoms with Crippen molar-refractivity contribution in [2.45, 2.75) is 26.3 Å². The maximum Gasteiger partial charge on any atom is 0.375 e. The number of carbonyl (C=O) groups is 2. The molecule has 1 aromatic carbocycles. The summed E-state index contributed by atoms with van der Waals surface area (Å²) in [6.07, 6.45) is 0.816. The van der Waals surface area contributed by atoms with E-state index in [0.29, 0.717) is 0 Å². The minimum atomic E-state index is -0.767. The van der Waals surface area contributed by atoms with Gasteiger partial charge in [-0.1, -0.05) is 30.3 Å². The van der Waals surface area contributed by atoms with E-state index in [1.54, 1.807) is 6.92 Å². The highest BCUT2D eigenvalue weighted by Gasteiger charge is 2.15. The van der Waals surface area contributed by atoms with Gasteiger partial charge in [-0.3, -0.25) is 4.79 Å². The molecule has 1 rings (SSSR count). The van der Waals surface area contributed by atoms with Gasteiger partial charge in [-0.15, -0.1) is 0 Å². The monoisotopic (exact) mass is 249 g/mol. The van der Waals surface area contributed by atoms with E-state index in [2.05, 4.69) is 10.1 Å². The van der Waals surface area contributed by atoms with Crippen molar-refractivity contribution in [3.63, 3.8) is 0 Å². The normalized spacial score (nSPS) is 11.9. The van der Waals surface area contributed by atoms with Gasteiger partial charge < -0.3 is 10.1 Å². The van der Waals surface area contributed by atoms with Crippen molar-refractivity contribution in [3.05, 3.63) is 35.9 Å². The molecule has 4 heteroatoms. The molecule has 1 unspecified atom stereocenters. The molecule has 98 valence electrons. The molecule has 0 aliphatic carbocycles. The summed E-state index contributed by atoms with van der Waals surface area (Å²) in [5, 5.41) is 3.02. The number of esters is 1. The first-order valence-electron chi connectivity index (χ1n) is 6.10. The van der Waals surface area contributed by atoms with Crippen LogP contribution in [0.4, 0.5) is 0 Å². The molecule has 0 aliphatic heterocycles. The minimum absolute atomic E-state index is 0.0207. The van der Waals surface area contributed by atoms with Crippen LogP contribution >= 0.6 is 0 Å². The van der Waals surface area contributed by atoms with Crippen molar-refractivity contribution in [1.82, 2.24) is 5.32 Å². The van der Waals surface area contributed by atoms with Crippen molar-refractivity contribution < 1.29 is 14.3 Å². The third-order valence-electron chi connectivity index (χ3n) is 2.50. The third kappa shape index (κ3) is 5.10. The van der Waals surface area contributed by atoms with Gasteiger partial charge in [0.25, 0.3) is 5.78 Å². The van der Waals surface area contributed by atoms with Crippen molar-refractivity contribution in [1.29, 1.82) is 0 Å². The van der Waals surface area contributed by atoms with E-state index < -0.39 is 11.8 Å². The zero-order valence-electron chi connectivity index (χ0n) is 10.8. The van der Waals surface area contributed by atoms with Crippen LogP contribution in [0.5, 0.6) is 0 Å². The summed E-state index contributed by atoms with van der Waals surface area (Å²) in [5.41, 5.74) is 1.20. The molecule has 0 saturated carbocycles. The van der Waals surface area contributed by atoms with Crippen molar-refractivity contribution in [2.75, 3.05) is 13.2 Å². The van der Waals surface area contributed by atoms with Gasteiger partial charge in [-0.2, -0.15) is 0 Å². The van der Waals surface area contributed by atoms with Crippen LogP contribution in [0.15, 0.2) is 30.3 Å². The second kappa shape index (κ2) is 7.61. The second-order valence-corrected chi connectivity index (χ2v) is 4.12. The average Bonchev–Trinajstić information content (AvgIpc) is 2.37. The first-order valence-corrected chi connectivity index (χ1v) is 6.10. The van der Waals surface area contributed by atoms with E-state index in [1.165, 1.54) is 5.56 Å². The van der Waals surface area contributed by atoms with Crippen molar-refractivity contribution in [2.24, 2.45) is 0 Å². The number of benzene rings is 1. The minimum Gasteiger partial charge on any atom is -0.460 e. The Morgan fingerprint density at radius 3 is 2.56 bits per heavy atom. The molecule has 1 N–H and O–H groups in total. The largest absolute Gasteiger partial charge is 0.460 e. The summed E-state index contributed by atoms with van der Waals surface area (Å²) in [6.45, 7) is 3.90. The van der Waals surface area contributed by atoms with Crippen LogP contribution < -0.4 is 5.32 Å². The van der Waals surface area contributed by atoms with Gasteiger partial charge in [0.1, 0.15) is 0 Å². The Labute approximate surface area is 107 Å². The fourth-order valence-electron chi connectivity index (χ4n) is 1.59. The lowest BCUT2D eigenvalue weighted by molar-refractivity contribution is -0.153. The number of ether oxygens (including phenoxy) is 1. The molecule has 0 radical (unpaired) electrons. The average molecular weight is 249 g/mol. The lowest BCUT2D eigenvalue weighted by Crippen LogP contribution is -2.36. The van der Waals surface area contributed by atoms with Gasteiger partial charge in [-0.05, 0) is 25.8 Å². The number of Topliss-reactive ketones (excluding diaryl/α,β-unsaturated/α-hetero) is 1. The zero-order chi connectivity index (χ0) is 13.4. The van der Waals surface area contributed by atoms with Crippen molar-refractivity contribution in [3.8, 4) is 0 Å². The topological polar surface area (TPSA) is 55.4 Å². The first kappa shape index (κ1) is 14.4. The highest BCUT2D eigenvalue weighted by molar-refractivity contribution is 6.34. The number of carbonyl (C=O) groups excluding carboxylic acids is 2. The lowest BCUT2D eigenvalue weighted by atomic mass is 10.1. The molecule has 0 heterocycles. The van der Waals surface area contributed by atoms with E-state index in [4.69, 9.17) is 0 Å². The number of hydrogen-bond acceptors (Lipinski definition) is 4. The predicted octanol–water partition coefficient (Wildman–Crippen LogP) is 1.34. The smallest absolute Gasteiger partial charge is 0.375 e. The highest BCUT2D eigenvalue weighted by Crippen LogP contribution is 2.02. The van der Waals surface area contributed by atoms with Crippen LogP contribution in [0.25, 0.3) is 0 Å². The van der Waals surface area contributed by atoms with Crippen LogP contribution in [0.3, 0.4) is 0 Å². The molecule has 0 amide bonds. The molecule has 0 spiro atoms. The quantitative estimate of drug-likeness (QED) is 0.585. The lowest BCUT2D eigenvalue weighted by Gasteiger charge is -2.12. The van der Waals surface area contributed by atoms with Gasteiger partial charge in [0.15, 0.2) is 0 Å². The molecule has 18 heavy (non-hydrogen) atoms. The number of rotatable bonds is 7. The summed E-state index contributed by atoms with van der Waals surface area (Å²) >= 11 is 0. The molecule has 0 bridgehead atoms. The van der Waals surface area contributed by atoms with Gasteiger partial charge in [0.05, 0.1) is 13.2 Å². The molecule has 0 saturated heterocycles. The Kier molecular flexibility index (Phi) is 6.08. The fourth-order valence-corrected chi connectivity index (χ4v) is 1.59. The molecule has 0 aromatic heterocycles. The van der Waals surface area contributed by atoms with E-state index in [1.807, 2.05) is 37.3 Å². The molecule has 0 fully saturated rings. The summed E-state index contributed by atoms with van der Waals surface area (Å²) in [7, 11) is 0. The molecular formula is C14H19NO3. The Morgan fingerprint density at radius 1 is 1.28 bits per heavy atom. The van der Waals surface area contributed by atoms with E-state index >= 15 is 0 Å². The Balaban J connectivity index is 2.31. The summed E-state index contributed by atoms with van der Waals surface area (Å²) in [5.74, 6) is -1.30. The van der Waals surface area contributed by atoms with Crippen LogP contribution in [0, 0.1) is 0 Å². The van der Waals surface area contributed by atoms with Crippen LogP contribution in [-0.4, -0.2) is 30.9 Å². The van der Waals surface area contributed by atoms with Crippen LogP contribution in [0.2, 0.25) is 0 Å².